The molecule has 104 valence electrons. The average molecular weight is 326 g/mol. The maximum Gasteiger partial charge on any atom is 0.257 e. The van der Waals surface area contributed by atoms with Gasteiger partial charge in [0.2, 0.25) is 0 Å². The van der Waals surface area contributed by atoms with Crippen LogP contribution in [0.2, 0.25) is 0 Å². The van der Waals surface area contributed by atoms with Crippen LogP contribution in [0.4, 0.5) is 0 Å². The zero-order valence-corrected chi connectivity index (χ0v) is 13.0. The topological polar surface area (TPSA) is 40.5 Å². The van der Waals surface area contributed by atoms with Gasteiger partial charge in [-0.1, -0.05) is 36.2 Å². The van der Waals surface area contributed by atoms with Crippen LogP contribution in [0, 0.1) is 5.41 Å². The number of hydrogen-bond acceptors (Lipinski definition) is 2. The van der Waals surface area contributed by atoms with Gasteiger partial charge in [0.15, 0.2) is 0 Å². The van der Waals surface area contributed by atoms with Crippen molar-refractivity contribution in [3.05, 3.63) is 28.2 Å². The Bertz CT molecular complexity index is 479. The highest BCUT2D eigenvalue weighted by Gasteiger charge is 2.31. The number of phenolic OH excluding ortho intramolecular Hbond substituents is 1. The largest absolute Gasteiger partial charge is 0.507 e. The van der Waals surface area contributed by atoms with Crippen molar-refractivity contribution in [2.24, 2.45) is 5.41 Å². The molecular formula is C15H20BrNO2. The van der Waals surface area contributed by atoms with E-state index in [1.807, 2.05) is 4.90 Å². The van der Waals surface area contributed by atoms with E-state index >= 15 is 0 Å². The summed E-state index contributed by atoms with van der Waals surface area (Å²) < 4.78 is 0.777. The molecule has 19 heavy (non-hydrogen) atoms. The molecule has 0 aromatic heterocycles. The summed E-state index contributed by atoms with van der Waals surface area (Å²) in [6.45, 7) is 6.04. The Morgan fingerprint density at radius 3 is 2.58 bits per heavy atom. The van der Waals surface area contributed by atoms with E-state index in [1.165, 1.54) is 0 Å². The Morgan fingerprint density at radius 2 is 2.05 bits per heavy atom. The lowest BCUT2D eigenvalue weighted by atomic mass is 9.78. The molecule has 0 bridgehead atoms. The van der Waals surface area contributed by atoms with E-state index in [9.17, 15) is 9.90 Å². The third-order valence-corrected chi connectivity index (χ3v) is 4.79. The number of phenols is 1. The first kappa shape index (κ1) is 14.4. The summed E-state index contributed by atoms with van der Waals surface area (Å²) in [5.41, 5.74) is 0.752. The Kier molecular flexibility index (Phi) is 4.19. The fourth-order valence-corrected chi connectivity index (χ4v) is 2.81. The van der Waals surface area contributed by atoms with Gasteiger partial charge in [0, 0.05) is 17.6 Å². The Labute approximate surface area is 122 Å². The van der Waals surface area contributed by atoms with Crippen LogP contribution in [0.1, 0.15) is 43.5 Å². The molecule has 1 N–H and O–H groups in total. The van der Waals surface area contributed by atoms with Gasteiger partial charge in [0.05, 0.1) is 5.56 Å². The van der Waals surface area contributed by atoms with Gasteiger partial charge in [-0.25, -0.2) is 0 Å². The van der Waals surface area contributed by atoms with Crippen molar-refractivity contribution in [2.75, 3.05) is 13.1 Å². The molecule has 2 rings (SSSR count). The van der Waals surface area contributed by atoms with E-state index in [1.54, 1.807) is 18.2 Å². The second kappa shape index (κ2) is 5.53. The predicted octanol–water partition coefficient (Wildman–Crippen LogP) is 3.81. The number of benzene rings is 1. The summed E-state index contributed by atoms with van der Waals surface area (Å²) >= 11 is 3.28. The van der Waals surface area contributed by atoms with Crippen molar-refractivity contribution in [3.63, 3.8) is 0 Å². The molecule has 1 fully saturated rings. The monoisotopic (exact) mass is 325 g/mol. The van der Waals surface area contributed by atoms with Crippen molar-refractivity contribution in [1.29, 1.82) is 0 Å². The molecular weight excluding hydrogens is 306 g/mol. The minimum absolute atomic E-state index is 0.0446. The third kappa shape index (κ3) is 3.11. The fraction of sp³-hybridized carbons (Fsp3) is 0.533. The van der Waals surface area contributed by atoms with E-state index in [0.717, 1.165) is 36.8 Å². The van der Waals surface area contributed by atoms with E-state index in [-0.39, 0.29) is 11.7 Å². The highest BCUT2D eigenvalue weighted by Crippen LogP contribution is 2.35. The van der Waals surface area contributed by atoms with Gasteiger partial charge in [0.1, 0.15) is 5.75 Å². The van der Waals surface area contributed by atoms with Gasteiger partial charge < -0.3 is 10.0 Å². The minimum atomic E-state index is -0.0665. The molecule has 4 heteroatoms. The SMILES string of the molecule is CCC1(C)CCN(C(=O)c2ccc(Br)cc2O)CC1. The van der Waals surface area contributed by atoms with Crippen molar-refractivity contribution in [2.45, 2.75) is 33.1 Å². The van der Waals surface area contributed by atoms with Crippen molar-refractivity contribution < 1.29 is 9.90 Å². The number of carbonyl (C=O) groups is 1. The summed E-state index contributed by atoms with van der Waals surface area (Å²) in [7, 11) is 0. The molecule has 1 aliphatic heterocycles. The second-order valence-electron chi connectivity index (χ2n) is 5.62. The standard InChI is InChI=1S/C15H20BrNO2/c1-3-15(2)6-8-17(9-7-15)14(19)12-5-4-11(16)10-13(12)18/h4-5,10,18H,3,6-9H2,1-2H3. The molecule has 0 atom stereocenters. The number of halogens is 1. The summed E-state index contributed by atoms with van der Waals surface area (Å²) in [5, 5.41) is 9.86. The van der Waals surface area contributed by atoms with Gasteiger partial charge in [-0.15, -0.1) is 0 Å². The first-order valence-electron chi connectivity index (χ1n) is 6.73. The number of aromatic hydroxyl groups is 1. The maximum atomic E-state index is 12.4. The number of hydrogen-bond donors (Lipinski definition) is 1. The zero-order chi connectivity index (χ0) is 14.0. The number of amides is 1. The maximum absolute atomic E-state index is 12.4. The van der Waals surface area contributed by atoms with E-state index in [4.69, 9.17) is 0 Å². The quantitative estimate of drug-likeness (QED) is 0.898. The van der Waals surface area contributed by atoms with Crippen LogP contribution >= 0.6 is 15.9 Å². The van der Waals surface area contributed by atoms with Crippen LogP contribution in [0.3, 0.4) is 0 Å². The van der Waals surface area contributed by atoms with Crippen LogP contribution in [-0.2, 0) is 0 Å². The molecule has 0 radical (unpaired) electrons. The second-order valence-corrected chi connectivity index (χ2v) is 6.53. The summed E-state index contributed by atoms with van der Waals surface area (Å²) in [5.74, 6) is -0.0219. The molecule has 1 aromatic rings. The van der Waals surface area contributed by atoms with Crippen molar-refractivity contribution in [1.82, 2.24) is 4.90 Å². The van der Waals surface area contributed by atoms with Crippen molar-refractivity contribution in [3.8, 4) is 5.75 Å². The van der Waals surface area contributed by atoms with Gasteiger partial charge in [0.25, 0.3) is 5.91 Å². The van der Waals surface area contributed by atoms with Crippen LogP contribution < -0.4 is 0 Å². The number of carbonyl (C=O) groups excluding carboxylic acids is 1. The van der Waals surface area contributed by atoms with Gasteiger partial charge in [-0.3, -0.25) is 4.79 Å². The first-order chi connectivity index (χ1) is 8.95. The average Bonchev–Trinajstić information content (AvgIpc) is 2.39. The lowest BCUT2D eigenvalue weighted by molar-refractivity contribution is 0.0597. The number of nitrogens with zero attached hydrogens (tertiary/aromatic N) is 1. The smallest absolute Gasteiger partial charge is 0.257 e. The van der Waals surface area contributed by atoms with Crippen LogP contribution in [0.5, 0.6) is 5.75 Å². The molecule has 0 aliphatic carbocycles. The number of piperidine rings is 1. The van der Waals surface area contributed by atoms with E-state index < -0.39 is 0 Å². The molecule has 3 nitrogen and oxygen atoms in total. The normalized spacial score (nSPS) is 18.4. The zero-order valence-electron chi connectivity index (χ0n) is 11.4. The lowest BCUT2D eigenvalue weighted by Gasteiger charge is -2.39. The van der Waals surface area contributed by atoms with Gasteiger partial charge in [-0.2, -0.15) is 0 Å². The predicted molar refractivity (Wildman–Crippen MR) is 79.3 cm³/mol. The van der Waals surface area contributed by atoms with Crippen molar-refractivity contribution >= 4 is 21.8 Å². The Morgan fingerprint density at radius 1 is 1.42 bits per heavy atom. The Balaban J connectivity index is 2.09. The van der Waals surface area contributed by atoms with Crippen LogP contribution in [0.25, 0.3) is 0 Å². The number of rotatable bonds is 2. The highest BCUT2D eigenvalue weighted by atomic mass is 79.9. The summed E-state index contributed by atoms with van der Waals surface area (Å²) in [6.07, 6.45) is 3.22. The highest BCUT2D eigenvalue weighted by molar-refractivity contribution is 9.10. The molecule has 0 saturated carbocycles. The molecule has 1 amide bonds. The first-order valence-corrected chi connectivity index (χ1v) is 7.52. The van der Waals surface area contributed by atoms with Gasteiger partial charge in [-0.05, 0) is 36.5 Å². The molecule has 0 unspecified atom stereocenters. The lowest BCUT2D eigenvalue weighted by Crippen LogP contribution is -2.41. The summed E-state index contributed by atoms with van der Waals surface area (Å²) in [6, 6.07) is 5.02. The Hall–Kier alpha value is -1.03. The molecule has 1 saturated heterocycles. The number of likely N-dealkylation sites (tertiary alicyclic amines) is 1. The van der Waals surface area contributed by atoms with Gasteiger partial charge >= 0.3 is 0 Å². The minimum Gasteiger partial charge on any atom is -0.507 e. The van der Waals surface area contributed by atoms with Crippen LogP contribution in [-0.4, -0.2) is 29.0 Å². The third-order valence-electron chi connectivity index (χ3n) is 4.30. The van der Waals surface area contributed by atoms with E-state index in [2.05, 4.69) is 29.8 Å². The van der Waals surface area contributed by atoms with E-state index in [0.29, 0.717) is 11.0 Å². The van der Waals surface area contributed by atoms with Crippen LogP contribution in [0.15, 0.2) is 22.7 Å². The molecule has 1 heterocycles. The molecule has 0 spiro atoms. The fourth-order valence-electron chi connectivity index (χ4n) is 2.46. The molecule has 1 aliphatic rings. The summed E-state index contributed by atoms with van der Waals surface area (Å²) in [4.78, 5) is 14.2. The molecule has 1 aromatic carbocycles.